The lowest BCUT2D eigenvalue weighted by Crippen LogP contribution is -2.36. The molecule has 0 amide bonds. The smallest absolute Gasteiger partial charge is 0.191 e. The lowest BCUT2D eigenvalue weighted by Gasteiger charge is -2.12. The zero-order chi connectivity index (χ0) is 18.2. The lowest BCUT2D eigenvalue weighted by atomic mass is 10.1. The highest BCUT2D eigenvalue weighted by Crippen LogP contribution is 2.21. The molecule has 0 fully saturated rings. The molecule has 0 unspecified atom stereocenters. The molecular weight excluding hydrogens is 459 g/mol. The predicted molar refractivity (Wildman–Crippen MR) is 121 cm³/mol. The maximum absolute atomic E-state index is 5.45. The summed E-state index contributed by atoms with van der Waals surface area (Å²) in [5, 5.41) is 9.90. The van der Waals surface area contributed by atoms with Gasteiger partial charge in [0.25, 0.3) is 0 Å². The highest BCUT2D eigenvalue weighted by Gasteiger charge is 2.07. The Labute approximate surface area is 177 Å². The first-order valence-electron chi connectivity index (χ1n) is 8.63. The van der Waals surface area contributed by atoms with E-state index in [0.717, 1.165) is 29.5 Å². The van der Waals surface area contributed by atoms with Crippen molar-refractivity contribution < 1.29 is 4.74 Å². The largest absolute Gasteiger partial charge is 0.496 e. The van der Waals surface area contributed by atoms with Crippen LogP contribution in [0.2, 0.25) is 0 Å². The fourth-order valence-electron chi connectivity index (χ4n) is 2.33. The van der Waals surface area contributed by atoms with Gasteiger partial charge in [0.15, 0.2) is 5.96 Å². The molecule has 0 atom stereocenters. The van der Waals surface area contributed by atoms with Crippen molar-refractivity contribution in [1.29, 1.82) is 0 Å². The van der Waals surface area contributed by atoms with Gasteiger partial charge in [0.2, 0.25) is 0 Å². The van der Waals surface area contributed by atoms with Gasteiger partial charge in [-0.25, -0.2) is 9.98 Å². The van der Waals surface area contributed by atoms with E-state index >= 15 is 0 Å². The molecule has 144 valence electrons. The van der Waals surface area contributed by atoms with Crippen LogP contribution in [0.5, 0.6) is 5.75 Å². The predicted octanol–water partition coefficient (Wildman–Crippen LogP) is 4.46. The first-order valence-corrected chi connectivity index (χ1v) is 9.51. The van der Waals surface area contributed by atoms with Gasteiger partial charge in [-0.15, -0.1) is 35.3 Å². The van der Waals surface area contributed by atoms with Crippen LogP contribution >= 0.6 is 35.3 Å². The van der Waals surface area contributed by atoms with Gasteiger partial charge >= 0.3 is 0 Å². The summed E-state index contributed by atoms with van der Waals surface area (Å²) >= 11 is 1.71. The minimum atomic E-state index is 0. The van der Waals surface area contributed by atoms with Gasteiger partial charge < -0.3 is 15.4 Å². The normalized spacial score (nSPS) is 11.2. The number of rotatable bonds is 7. The molecule has 5 nitrogen and oxygen atoms in total. The fraction of sp³-hybridized carbons (Fsp3) is 0.474. The molecule has 0 bridgehead atoms. The number of hydrogen-bond acceptors (Lipinski definition) is 4. The summed E-state index contributed by atoms with van der Waals surface area (Å²) in [6.45, 7) is 10.5. The number of aliphatic imine (C=N–C) groups is 1. The molecule has 0 aliphatic rings. The molecule has 1 heterocycles. The molecular formula is C19H29IN4OS. The molecule has 2 N–H and O–H groups in total. The van der Waals surface area contributed by atoms with Crippen molar-refractivity contribution >= 4 is 41.3 Å². The number of nitrogens with one attached hydrogen (secondary N) is 2. The molecule has 0 saturated carbocycles. The molecule has 0 saturated heterocycles. The summed E-state index contributed by atoms with van der Waals surface area (Å²) in [4.78, 5) is 9.32. The second-order valence-corrected chi connectivity index (χ2v) is 7.09. The lowest BCUT2D eigenvalue weighted by molar-refractivity contribution is 0.409. The second kappa shape index (κ2) is 11.4. The molecule has 0 aliphatic heterocycles. The van der Waals surface area contributed by atoms with Crippen molar-refractivity contribution in [2.75, 3.05) is 13.7 Å². The first kappa shape index (κ1) is 22.7. The summed E-state index contributed by atoms with van der Waals surface area (Å²) in [5.74, 6) is 2.12. The molecule has 0 aliphatic carbocycles. The Balaban J connectivity index is 0.00000338. The van der Waals surface area contributed by atoms with Gasteiger partial charge in [-0.05, 0) is 25.5 Å². The van der Waals surface area contributed by atoms with E-state index < -0.39 is 0 Å². The van der Waals surface area contributed by atoms with E-state index in [-0.39, 0.29) is 24.0 Å². The first-order chi connectivity index (χ1) is 12.0. The Morgan fingerprint density at radius 3 is 2.69 bits per heavy atom. The third-order valence-corrected chi connectivity index (χ3v) is 4.89. The monoisotopic (exact) mass is 488 g/mol. The molecule has 0 spiro atoms. The molecule has 2 aromatic rings. The zero-order valence-electron chi connectivity index (χ0n) is 16.1. The number of halogens is 1. The van der Waals surface area contributed by atoms with Crippen LogP contribution in [0.25, 0.3) is 0 Å². The van der Waals surface area contributed by atoms with E-state index in [0.29, 0.717) is 19.0 Å². The third-order valence-electron chi connectivity index (χ3n) is 3.69. The standard InChI is InChI=1S/C19H28N4OS.HI/c1-6-20-19(22-11-16-12-25-18(23-16)13(2)3)21-10-15-8-7-14(4)9-17(15)24-5;/h7-9,12-13H,6,10-11H2,1-5H3,(H2,20,21,22);1H. The molecule has 2 rings (SSSR count). The summed E-state index contributed by atoms with van der Waals surface area (Å²) < 4.78 is 5.45. The number of thiazole rings is 1. The number of nitrogens with zero attached hydrogens (tertiary/aromatic N) is 2. The summed E-state index contributed by atoms with van der Waals surface area (Å²) in [5.41, 5.74) is 3.30. The Morgan fingerprint density at radius 2 is 2.08 bits per heavy atom. The average molecular weight is 488 g/mol. The molecule has 7 heteroatoms. The Hall–Kier alpha value is -1.35. The number of guanidine groups is 1. The minimum Gasteiger partial charge on any atom is -0.496 e. The number of aromatic nitrogens is 1. The Morgan fingerprint density at radius 1 is 1.31 bits per heavy atom. The molecule has 1 aromatic heterocycles. The van der Waals surface area contributed by atoms with E-state index in [1.165, 1.54) is 10.6 Å². The van der Waals surface area contributed by atoms with Crippen molar-refractivity contribution in [2.24, 2.45) is 4.99 Å². The third kappa shape index (κ3) is 6.75. The number of ether oxygens (including phenoxy) is 1. The van der Waals surface area contributed by atoms with Crippen molar-refractivity contribution in [3.63, 3.8) is 0 Å². The van der Waals surface area contributed by atoms with E-state index in [1.54, 1.807) is 18.4 Å². The van der Waals surface area contributed by atoms with Crippen molar-refractivity contribution in [2.45, 2.75) is 46.7 Å². The Bertz CT molecular complexity index is 715. The average Bonchev–Trinajstić information content (AvgIpc) is 3.07. The van der Waals surface area contributed by atoms with Crippen LogP contribution in [0.15, 0.2) is 28.6 Å². The number of benzene rings is 1. The van der Waals surface area contributed by atoms with Gasteiger partial charge in [-0.1, -0.05) is 26.0 Å². The minimum absolute atomic E-state index is 0. The van der Waals surface area contributed by atoms with Crippen LogP contribution in [0.3, 0.4) is 0 Å². The maximum atomic E-state index is 5.45. The second-order valence-electron chi connectivity index (χ2n) is 6.20. The van der Waals surface area contributed by atoms with Crippen LogP contribution in [0, 0.1) is 6.92 Å². The molecule has 1 aromatic carbocycles. The van der Waals surface area contributed by atoms with Crippen molar-refractivity contribution in [3.05, 3.63) is 45.4 Å². The Kier molecular flexibility index (Phi) is 9.93. The summed E-state index contributed by atoms with van der Waals surface area (Å²) in [6, 6.07) is 6.18. The van der Waals surface area contributed by atoms with Gasteiger partial charge in [-0.2, -0.15) is 0 Å². The fourth-order valence-corrected chi connectivity index (χ4v) is 3.17. The highest BCUT2D eigenvalue weighted by molar-refractivity contribution is 14.0. The van der Waals surface area contributed by atoms with Crippen LogP contribution in [-0.2, 0) is 13.1 Å². The number of methoxy groups -OCH3 is 1. The van der Waals surface area contributed by atoms with Crippen LogP contribution in [-0.4, -0.2) is 24.6 Å². The zero-order valence-corrected chi connectivity index (χ0v) is 19.3. The number of aryl methyl sites for hydroxylation is 1. The van der Waals surface area contributed by atoms with Crippen LogP contribution in [0.1, 0.15) is 48.5 Å². The molecule has 0 radical (unpaired) electrons. The molecule has 26 heavy (non-hydrogen) atoms. The van der Waals surface area contributed by atoms with E-state index in [1.807, 2.05) is 6.07 Å². The van der Waals surface area contributed by atoms with E-state index in [9.17, 15) is 0 Å². The van der Waals surface area contributed by atoms with Crippen LogP contribution in [0.4, 0.5) is 0 Å². The summed E-state index contributed by atoms with van der Waals surface area (Å²) in [7, 11) is 1.69. The van der Waals surface area contributed by atoms with Gasteiger partial charge in [-0.3, -0.25) is 0 Å². The van der Waals surface area contributed by atoms with Crippen molar-refractivity contribution in [1.82, 2.24) is 15.6 Å². The van der Waals surface area contributed by atoms with E-state index in [2.05, 4.69) is 65.8 Å². The topological polar surface area (TPSA) is 58.5 Å². The van der Waals surface area contributed by atoms with Crippen LogP contribution < -0.4 is 15.4 Å². The number of hydrogen-bond donors (Lipinski definition) is 2. The quantitative estimate of drug-likeness (QED) is 0.344. The highest BCUT2D eigenvalue weighted by atomic mass is 127. The van der Waals surface area contributed by atoms with Gasteiger partial charge in [0, 0.05) is 23.4 Å². The maximum Gasteiger partial charge on any atom is 0.191 e. The van der Waals surface area contributed by atoms with Crippen molar-refractivity contribution in [3.8, 4) is 5.75 Å². The van der Waals surface area contributed by atoms with Gasteiger partial charge in [0.05, 0.1) is 30.9 Å². The van der Waals surface area contributed by atoms with E-state index in [4.69, 9.17) is 4.74 Å². The SMILES string of the molecule is CCNC(=NCc1ccc(C)cc1OC)NCc1csc(C(C)C)n1.I. The summed E-state index contributed by atoms with van der Waals surface area (Å²) in [6.07, 6.45) is 0. The van der Waals surface area contributed by atoms with Gasteiger partial charge in [0.1, 0.15) is 5.75 Å².